The summed E-state index contributed by atoms with van der Waals surface area (Å²) in [6.45, 7) is 4.67. The predicted octanol–water partition coefficient (Wildman–Crippen LogP) is 0.985. The third kappa shape index (κ3) is 3.12. The van der Waals surface area contributed by atoms with E-state index in [1.165, 1.54) is 35.1 Å². The van der Waals surface area contributed by atoms with Crippen LogP contribution in [-0.2, 0) is 11.3 Å². The Morgan fingerprint density at radius 1 is 1.20 bits per heavy atom. The van der Waals surface area contributed by atoms with Crippen molar-refractivity contribution < 1.29 is 9.18 Å². The minimum Gasteiger partial charge on any atom is -0.342 e. The highest BCUT2D eigenvalue weighted by atomic mass is 19.1. The Balaban J connectivity index is 1.98. The Labute approximate surface area is 142 Å². The normalized spacial score (nSPS) is 11.0. The van der Waals surface area contributed by atoms with Crippen LogP contribution >= 0.6 is 0 Å². The number of fused-ring (bicyclic) bond motifs is 1. The quantitative estimate of drug-likeness (QED) is 0.689. The molecule has 0 bridgehead atoms. The summed E-state index contributed by atoms with van der Waals surface area (Å²) in [6, 6.07) is 5.64. The van der Waals surface area contributed by atoms with Crippen molar-refractivity contribution in [1.82, 2.24) is 29.7 Å². The van der Waals surface area contributed by atoms with E-state index < -0.39 is 5.56 Å². The molecule has 3 rings (SSSR count). The molecule has 0 saturated carbocycles. The summed E-state index contributed by atoms with van der Waals surface area (Å²) < 4.78 is 15.5. The fourth-order valence-corrected chi connectivity index (χ4v) is 2.54. The Morgan fingerprint density at radius 3 is 2.52 bits per heavy atom. The summed E-state index contributed by atoms with van der Waals surface area (Å²) in [4.78, 5) is 26.3. The molecule has 1 amide bonds. The highest BCUT2D eigenvalue weighted by Gasteiger charge is 2.16. The zero-order chi connectivity index (χ0) is 18.0. The molecule has 2 aromatic heterocycles. The van der Waals surface area contributed by atoms with E-state index in [0.717, 1.165) is 4.68 Å². The van der Waals surface area contributed by atoms with Crippen LogP contribution in [0.15, 0.2) is 35.3 Å². The number of carbonyl (C=O) groups excluding carboxylic acids is 1. The molecule has 2 heterocycles. The molecule has 0 spiro atoms. The third-order valence-corrected chi connectivity index (χ3v) is 3.93. The number of hydrogen-bond donors (Lipinski definition) is 0. The van der Waals surface area contributed by atoms with Crippen LogP contribution in [0.1, 0.15) is 13.8 Å². The number of hydrogen-bond acceptors (Lipinski definition) is 5. The molecule has 0 aliphatic rings. The number of halogens is 1. The number of rotatable bonds is 5. The minimum absolute atomic E-state index is 0.175. The van der Waals surface area contributed by atoms with Gasteiger partial charge in [0.2, 0.25) is 5.91 Å². The van der Waals surface area contributed by atoms with Crippen molar-refractivity contribution in [3.63, 3.8) is 0 Å². The lowest BCUT2D eigenvalue weighted by Gasteiger charge is -2.18. The van der Waals surface area contributed by atoms with Gasteiger partial charge in [0, 0.05) is 13.1 Å². The van der Waals surface area contributed by atoms with Crippen molar-refractivity contribution in [3.05, 3.63) is 46.6 Å². The number of aromatic nitrogens is 5. The summed E-state index contributed by atoms with van der Waals surface area (Å²) in [6.07, 6.45) is 1.37. The fourth-order valence-electron chi connectivity index (χ4n) is 2.54. The summed E-state index contributed by atoms with van der Waals surface area (Å²) in [5.41, 5.74) is 0.365. The average Bonchev–Trinajstić information content (AvgIpc) is 3.04. The molecule has 0 unspecified atom stereocenters. The molecule has 9 heteroatoms. The number of carbonyl (C=O) groups is 1. The predicted molar refractivity (Wildman–Crippen MR) is 88.8 cm³/mol. The summed E-state index contributed by atoms with van der Waals surface area (Å²) in [5, 5.41) is 12.2. The molecule has 1 aromatic carbocycles. The summed E-state index contributed by atoms with van der Waals surface area (Å²) >= 11 is 0. The van der Waals surface area contributed by atoms with Gasteiger partial charge in [0.05, 0.1) is 11.9 Å². The number of amides is 1. The molecule has 0 aliphatic heterocycles. The van der Waals surface area contributed by atoms with E-state index in [-0.39, 0.29) is 29.3 Å². The fraction of sp³-hybridized carbons (Fsp3) is 0.312. The third-order valence-electron chi connectivity index (χ3n) is 3.93. The van der Waals surface area contributed by atoms with Crippen molar-refractivity contribution in [2.75, 3.05) is 13.1 Å². The smallest absolute Gasteiger partial charge is 0.281 e. The highest BCUT2D eigenvalue weighted by Crippen LogP contribution is 2.13. The van der Waals surface area contributed by atoms with Gasteiger partial charge in [0.1, 0.15) is 17.7 Å². The largest absolute Gasteiger partial charge is 0.342 e. The van der Waals surface area contributed by atoms with Gasteiger partial charge in [-0.1, -0.05) is 5.21 Å². The second kappa shape index (κ2) is 6.80. The van der Waals surface area contributed by atoms with Crippen molar-refractivity contribution in [3.8, 4) is 5.69 Å². The molecule has 8 nitrogen and oxygen atoms in total. The first-order chi connectivity index (χ1) is 12.0. The molecule has 0 fully saturated rings. The van der Waals surface area contributed by atoms with Crippen molar-refractivity contribution >= 4 is 16.9 Å². The first-order valence-electron chi connectivity index (χ1n) is 7.90. The Morgan fingerprint density at radius 2 is 1.88 bits per heavy atom. The van der Waals surface area contributed by atoms with Crippen LogP contribution in [-0.4, -0.2) is 48.7 Å². The molecule has 25 heavy (non-hydrogen) atoms. The number of benzene rings is 1. The van der Waals surface area contributed by atoms with E-state index in [4.69, 9.17) is 0 Å². The Bertz CT molecular complexity index is 959. The topological polar surface area (TPSA) is 85.9 Å². The van der Waals surface area contributed by atoms with Crippen LogP contribution < -0.4 is 5.56 Å². The molecule has 130 valence electrons. The second-order valence-corrected chi connectivity index (χ2v) is 5.39. The molecular weight excluding hydrogens is 327 g/mol. The molecule has 3 aromatic rings. The lowest BCUT2D eigenvalue weighted by Crippen LogP contribution is -2.37. The average molecular weight is 344 g/mol. The van der Waals surface area contributed by atoms with Crippen molar-refractivity contribution in [2.45, 2.75) is 20.4 Å². The van der Waals surface area contributed by atoms with E-state index in [2.05, 4.69) is 15.4 Å². The van der Waals surface area contributed by atoms with Crippen LogP contribution in [0, 0.1) is 5.82 Å². The molecular formula is C16H17FN6O2. The maximum absolute atomic E-state index is 13.1. The van der Waals surface area contributed by atoms with E-state index in [9.17, 15) is 14.0 Å². The van der Waals surface area contributed by atoms with Gasteiger partial charge in [0.15, 0.2) is 5.65 Å². The summed E-state index contributed by atoms with van der Waals surface area (Å²) in [5.74, 6) is -0.574. The van der Waals surface area contributed by atoms with Gasteiger partial charge in [-0.2, -0.15) is 5.10 Å². The zero-order valence-electron chi connectivity index (χ0n) is 13.9. The van der Waals surface area contributed by atoms with Gasteiger partial charge in [-0.25, -0.2) is 13.8 Å². The first kappa shape index (κ1) is 16.7. The molecule has 0 radical (unpaired) electrons. The maximum Gasteiger partial charge on any atom is 0.281 e. The van der Waals surface area contributed by atoms with E-state index in [0.29, 0.717) is 18.8 Å². The maximum atomic E-state index is 13.1. The molecule has 0 saturated heterocycles. The minimum atomic E-state index is -0.445. The highest BCUT2D eigenvalue weighted by molar-refractivity contribution is 5.77. The van der Waals surface area contributed by atoms with Gasteiger partial charge in [-0.3, -0.25) is 9.59 Å². The molecule has 0 atom stereocenters. The van der Waals surface area contributed by atoms with Crippen LogP contribution in [0.3, 0.4) is 0 Å². The number of likely N-dealkylation sites (N-methyl/N-ethyl adjacent to an activating group) is 1. The van der Waals surface area contributed by atoms with Crippen LogP contribution in [0.25, 0.3) is 16.7 Å². The van der Waals surface area contributed by atoms with Crippen LogP contribution in [0.5, 0.6) is 0 Å². The monoisotopic (exact) mass is 344 g/mol. The van der Waals surface area contributed by atoms with E-state index in [1.807, 2.05) is 13.8 Å². The SMILES string of the molecule is CCN(CC)C(=O)Cn1nnc2c(cnn2-c2ccc(F)cc2)c1=O. The van der Waals surface area contributed by atoms with Gasteiger partial charge >= 0.3 is 0 Å². The summed E-state index contributed by atoms with van der Waals surface area (Å²) in [7, 11) is 0. The molecule has 0 aliphatic carbocycles. The van der Waals surface area contributed by atoms with Crippen LogP contribution in [0.4, 0.5) is 4.39 Å². The van der Waals surface area contributed by atoms with Gasteiger partial charge in [-0.15, -0.1) is 5.10 Å². The lowest BCUT2D eigenvalue weighted by atomic mass is 10.3. The van der Waals surface area contributed by atoms with Gasteiger partial charge in [0.25, 0.3) is 5.56 Å². The van der Waals surface area contributed by atoms with E-state index >= 15 is 0 Å². The Kier molecular flexibility index (Phi) is 4.55. The van der Waals surface area contributed by atoms with Crippen LogP contribution in [0.2, 0.25) is 0 Å². The van der Waals surface area contributed by atoms with E-state index in [1.54, 1.807) is 4.90 Å². The molecule has 0 N–H and O–H groups in total. The van der Waals surface area contributed by atoms with Crippen molar-refractivity contribution in [2.24, 2.45) is 0 Å². The van der Waals surface area contributed by atoms with Gasteiger partial charge in [-0.05, 0) is 38.1 Å². The standard InChI is InChI=1S/C16H17FN6O2/c1-3-21(4-2)14(24)10-22-16(25)13-9-18-23(15(13)19-20-22)12-7-5-11(17)6-8-12/h5-9H,3-4,10H2,1-2H3. The zero-order valence-corrected chi connectivity index (χ0v) is 13.9. The number of nitrogens with zero attached hydrogens (tertiary/aromatic N) is 6. The lowest BCUT2D eigenvalue weighted by molar-refractivity contribution is -0.131. The second-order valence-electron chi connectivity index (χ2n) is 5.39. The van der Waals surface area contributed by atoms with Crippen molar-refractivity contribution in [1.29, 1.82) is 0 Å². The van der Waals surface area contributed by atoms with Gasteiger partial charge < -0.3 is 4.90 Å². The first-order valence-corrected chi connectivity index (χ1v) is 7.90. The Hall–Kier alpha value is -3.10.